The van der Waals surface area contributed by atoms with E-state index in [2.05, 4.69) is 5.32 Å². The molecular weight excluding hydrogens is 252 g/mol. The molecule has 5 nitrogen and oxygen atoms in total. The van der Waals surface area contributed by atoms with Crippen LogP contribution >= 0.6 is 11.8 Å². The molecule has 18 heavy (non-hydrogen) atoms. The minimum Gasteiger partial charge on any atom is -0.478 e. The summed E-state index contributed by atoms with van der Waals surface area (Å²) in [5, 5.41) is 11.6. The number of carbonyl (C=O) groups excluding carboxylic acids is 1. The quantitative estimate of drug-likeness (QED) is 0.709. The van der Waals surface area contributed by atoms with Gasteiger partial charge in [0.1, 0.15) is 0 Å². The lowest BCUT2D eigenvalue weighted by atomic mass is 10.1. The monoisotopic (exact) mass is 268 g/mol. The van der Waals surface area contributed by atoms with Gasteiger partial charge >= 0.3 is 5.97 Å². The van der Waals surface area contributed by atoms with Crippen molar-refractivity contribution in [3.05, 3.63) is 23.8 Å². The van der Waals surface area contributed by atoms with Gasteiger partial charge in [0.15, 0.2) is 0 Å². The molecular formula is C12H16N2O3S. The molecule has 98 valence electrons. The maximum absolute atomic E-state index is 11.8. The van der Waals surface area contributed by atoms with Crippen LogP contribution < -0.4 is 11.1 Å². The van der Waals surface area contributed by atoms with E-state index in [1.165, 1.54) is 18.2 Å². The Bertz CT molecular complexity index is 463. The standard InChI is InChI=1S/C12H16N2O3S/c1-7(6-18-2)11(15)14-10-5-8(13)3-4-9(10)12(16)17/h3-5,7H,6,13H2,1-2H3,(H,14,15)(H,16,17). The maximum atomic E-state index is 11.8. The summed E-state index contributed by atoms with van der Waals surface area (Å²) in [5.41, 5.74) is 6.27. The molecule has 1 aromatic rings. The SMILES string of the molecule is CSCC(C)C(=O)Nc1cc(N)ccc1C(=O)O. The second-order valence-corrected chi connectivity index (χ2v) is 4.87. The topological polar surface area (TPSA) is 92.4 Å². The smallest absolute Gasteiger partial charge is 0.337 e. The molecule has 1 rings (SSSR count). The number of hydrogen-bond donors (Lipinski definition) is 3. The van der Waals surface area contributed by atoms with E-state index in [1.54, 1.807) is 18.7 Å². The van der Waals surface area contributed by atoms with Crippen molar-refractivity contribution >= 4 is 35.0 Å². The lowest BCUT2D eigenvalue weighted by Crippen LogP contribution is -2.23. The molecule has 0 aliphatic rings. The second-order valence-electron chi connectivity index (χ2n) is 3.96. The molecule has 0 spiro atoms. The van der Waals surface area contributed by atoms with Crippen LogP contribution in [-0.4, -0.2) is 29.0 Å². The molecule has 1 amide bonds. The third kappa shape index (κ3) is 3.66. The average molecular weight is 268 g/mol. The fourth-order valence-electron chi connectivity index (χ4n) is 1.43. The van der Waals surface area contributed by atoms with Gasteiger partial charge in [-0.15, -0.1) is 0 Å². The molecule has 0 saturated carbocycles. The van der Waals surface area contributed by atoms with Crippen LogP contribution in [0.4, 0.5) is 11.4 Å². The minimum absolute atomic E-state index is 0.0360. The van der Waals surface area contributed by atoms with E-state index < -0.39 is 5.97 Å². The summed E-state index contributed by atoms with van der Waals surface area (Å²) in [6.45, 7) is 1.79. The third-order valence-corrected chi connectivity index (χ3v) is 3.23. The van der Waals surface area contributed by atoms with E-state index in [4.69, 9.17) is 10.8 Å². The van der Waals surface area contributed by atoms with Gasteiger partial charge in [-0.3, -0.25) is 4.79 Å². The Morgan fingerprint density at radius 1 is 1.50 bits per heavy atom. The number of aromatic carboxylic acids is 1. The van der Waals surface area contributed by atoms with Crippen LogP contribution in [0.3, 0.4) is 0 Å². The second kappa shape index (κ2) is 6.30. The molecule has 1 atom stereocenters. The van der Waals surface area contributed by atoms with Crippen LogP contribution in [0.2, 0.25) is 0 Å². The van der Waals surface area contributed by atoms with Gasteiger partial charge in [-0.2, -0.15) is 11.8 Å². The number of amides is 1. The van der Waals surface area contributed by atoms with Crippen LogP contribution in [0, 0.1) is 5.92 Å². The molecule has 0 fully saturated rings. The summed E-state index contributed by atoms with van der Waals surface area (Å²) in [6.07, 6.45) is 1.91. The number of hydrogen-bond acceptors (Lipinski definition) is 4. The third-order valence-electron chi connectivity index (χ3n) is 2.40. The van der Waals surface area contributed by atoms with E-state index in [0.29, 0.717) is 11.4 Å². The number of rotatable bonds is 5. The summed E-state index contributed by atoms with van der Waals surface area (Å²) in [7, 11) is 0. The summed E-state index contributed by atoms with van der Waals surface area (Å²) in [6, 6.07) is 4.32. The van der Waals surface area contributed by atoms with Crippen LogP contribution in [0.5, 0.6) is 0 Å². The van der Waals surface area contributed by atoms with E-state index >= 15 is 0 Å². The van der Waals surface area contributed by atoms with E-state index in [1.807, 2.05) is 6.26 Å². The number of carbonyl (C=O) groups is 2. The van der Waals surface area contributed by atoms with Crippen LogP contribution in [0.1, 0.15) is 17.3 Å². The van der Waals surface area contributed by atoms with Crippen LogP contribution in [0.15, 0.2) is 18.2 Å². The predicted molar refractivity (Wildman–Crippen MR) is 74.0 cm³/mol. The van der Waals surface area contributed by atoms with Crippen molar-refractivity contribution in [3.8, 4) is 0 Å². The summed E-state index contributed by atoms with van der Waals surface area (Å²) < 4.78 is 0. The Kier molecular flexibility index (Phi) is 5.03. The highest BCUT2D eigenvalue weighted by atomic mass is 32.2. The summed E-state index contributed by atoms with van der Waals surface area (Å²) >= 11 is 1.56. The van der Waals surface area contributed by atoms with Crippen molar-refractivity contribution in [2.75, 3.05) is 23.1 Å². The van der Waals surface area contributed by atoms with Crippen molar-refractivity contribution in [2.24, 2.45) is 5.92 Å². The van der Waals surface area contributed by atoms with Crippen LogP contribution in [0.25, 0.3) is 0 Å². The highest BCUT2D eigenvalue weighted by Crippen LogP contribution is 2.20. The number of nitrogen functional groups attached to an aromatic ring is 1. The number of benzene rings is 1. The number of thioether (sulfide) groups is 1. The number of nitrogens with one attached hydrogen (secondary N) is 1. The predicted octanol–water partition coefficient (Wildman–Crippen LogP) is 1.90. The van der Waals surface area contributed by atoms with Gasteiger partial charge in [0.25, 0.3) is 0 Å². The number of carboxylic acids is 1. The van der Waals surface area contributed by atoms with E-state index in [-0.39, 0.29) is 23.1 Å². The van der Waals surface area contributed by atoms with Gasteiger partial charge in [-0.05, 0) is 24.5 Å². The van der Waals surface area contributed by atoms with Crippen molar-refractivity contribution in [2.45, 2.75) is 6.92 Å². The molecule has 0 aliphatic carbocycles. The summed E-state index contributed by atoms with van der Waals surface area (Å²) in [5.74, 6) is -0.820. The van der Waals surface area contributed by atoms with E-state index in [0.717, 1.165) is 0 Å². The molecule has 0 aliphatic heterocycles. The highest BCUT2D eigenvalue weighted by Gasteiger charge is 2.16. The largest absolute Gasteiger partial charge is 0.478 e. The van der Waals surface area contributed by atoms with E-state index in [9.17, 15) is 9.59 Å². The Hall–Kier alpha value is -1.69. The Morgan fingerprint density at radius 3 is 2.72 bits per heavy atom. The Morgan fingerprint density at radius 2 is 2.17 bits per heavy atom. The zero-order chi connectivity index (χ0) is 13.7. The minimum atomic E-state index is -1.09. The first kappa shape index (κ1) is 14.4. The molecule has 4 N–H and O–H groups in total. The molecule has 0 saturated heterocycles. The first-order chi connectivity index (χ1) is 8.45. The molecule has 1 unspecified atom stereocenters. The van der Waals surface area contributed by atoms with Gasteiger partial charge < -0.3 is 16.2 Å². The normalized spacial score (nSPS) is 11.9. The van der Waals surface area contributed by atoms with Crippen molar-refractivity contribution < 1.29 is 14.7 Å². The number of carboxylic acid groups (broad SMARTS) is 1. The zero-order valence-electron chi connectivity index (χ0n) is 10.3. The lowest BCUT2D eigenvalue weighted by Gasteiger charge is -2.13. The molecule has 0 heterocycles. The Labute approximate surface area is 110 Å². The van der Waals surface area contributed by atoms with Gasteiger partial charge in [0.2, 0.25) is 5.91 Å². The van der Waals surface area contributed by atoms with Gasteiger partial charge in [-0.1, -0.05) is 6.92 Å². The average Bonchev–Trinajstić information content (AvgIpc) is 2.28. The van der Waals surface area contributed by atoms with Gasteiger partial charge in [0.05, 0.1) is 11.3 Å². The van der Waals surface area contributed by atoms with Crippen molar-refractivity contribution in [1.82, 2.24) is 0 Å². The first-order valence-corrected chi connectivity index (χ1v) is 6.77. The molecule has 0 bridgehead atoms. The van der Waals surface area contributed by atoms with Crippen molar-refractivity contribution in [3.63, 3.8) is 0 Å². The zero-order valence-corrected chi connectivity index (χ0v) is 11.1. The lowest BCUT2D eigenvalue weighted by molar-refractivity contribution is -0.118. The summed E-state index contributed by atoms with van der Waals surface area (Å²) in [4.78, 5) is 22.8. The van der Waals surface area contributed by atoms with Gasteiger partial charge in [-0.25, -0.2) is 4.79 Å². The fraction of sp³-hybridized carbons (Fsp3) is 0.333. The molecule has 0 aromatic heterocycles. The number of anilines is 2. The number of nitrogens with two attached hydrogens (primary N) is 1. The molecule has 0 radical (unpaired) electrons. The highest BCUT2D eigenvalue weighted by molar-refractivity contribution is 7.98. The molecule has 6 heteroatoms. The fourth-order valence-corrected chi connectivity index (χ4v) is 2.08. The Balaban J connectivity index is 2.92. The van der Waals surface area contributed by atoms with Gasteiger partial charge in [0, 0.05) is 17.4 Å². The van der Waals surface area contributed by atoms with Crippen LogP contribution in [-0.2, 0) is 4.79 Å². The maximum Gasteiger partial charge on any atom is 0.337 e. The van der Waals surface area contributed by atoms with Crippen molar-refractivity contribution in [1.29, 1.82) is 0 Å². The first-order valence-electron chi connectivity index (χ1n) is 5.38. The molecule has 1 aromatic carbocycles.